The summed E-state index contributed by atoms with van der Waals surface area (Å²) in [4.78, 5) is 4.87. The van der Waals surface area contributed by atoms with Gasteiger partial charge in [0.25, 0.3) is 0 Å². The van der Waals surface area contributed by atoms with Gasteiger partial charge < -0.3 is 4.90 Å². The highest BCUT2D eigenvalue weighted by atomic mass is 19.1. The molecule has 2 aliphatic rings. The molecule has 0 amide bonds. The van der Waals surface area contributed by atoms with Crippen molar-refractivity contribution in [3.8, 4) is 0 Å². The number of nitrogens with zero attached hydrogens (tertiary/aromatic N) is 2. The van der Waals surface area contributed by atoms with Crippen LogP contribution in [0.3, 0.4) is 0 Å². The van der Waals surface area contributed by atoms with Gasteiger partial charge in [-0.05, 0) is 42.4 Å². The van der Waals surface area contributed by atoms with Crippen LogP contribution in [0.15, 0.2) is 18.2 Å². The molecule has 1 aromatic rings. The summed E-state index contributed by atoms with van der Waals surface area (Å²) >= 11 is 0. The first-order valence-corrected chi connectivity index (χ1v) is 9.80. The Kier molecular flexibility index (Phi) is 5.49. The maximum absolute atomic E-state index is 14.7. The van der Waals surface area contributed by atoms with Crippen LogP contribution in [-0.4, -0.2) is 37.1 Å². The van der Waals surface area contributed by atoms with Gasteiger partial charge in [-0.2, -0.15) is 0 Å². The number of halogens is 1. The number of piperazine rings is 1. The van der Waals surface area contributed by atoms with Gasteiger partial charge in [-0.15, -0.1) is 0 Å². The molecule has 24 heavy (non-hydrogen) atoms. The van der Waals surface area contributed by atoms with E-state index < -0.39 is 0 Å². The predicted molar refractivity (Wildman–Crippen MR) is 100 cm³/mol. The van der Waals surface area contributed by atoms with Gasteiger partial charge in [0, 0.05) is 32.2 Å². The monoisotopic (exact) mass is 332 g/mol. The fourth-order valence-corrected chi connectivity index (χ4v) is 4.16. The van der Waals surface area contributed by atoms with Crippen LogP contribution in [0.5, 0.6) is 0 Å². The van der Waals surface area contributed by atoms with Crippen LogP contribution >= 0.6 is 0 Å². The van der Waals surface area contributed by atoms with E-state index >= 15 is 0 Å². The number of anilines is 1. The first-order chi connectivity index (χ1) is 11.5. The van der Waals surface area contributed by atoms with E-state index in [1.165, 1.54) is 32.1 Å². The lowest BCUT2D eigenvalue weighted by atomic mass is 9.82. The third-order valence-corrected chi connectivity index (χ3v) is 6.36. The molecule has 1 aliphatic heterocycles. The van der Waals surface area contributed by atoms with E-state index in [4.69, 9.17) is 0 Å². The summed E-state index contributed by atoms with van der Waals surface area (Å²) in [5.41, 5.74) is 1.93. The van der Waals surface area contributed by atoms with Gasteiger partial charge in [0.1, 0.15) is 5.82 Å². The van der Waals surface area contributed by atoms with Crippen molar-refractivity contribution in [1.82, 2.24) is 4.90 Å². The van der Waals surface area contributed by atoms with Gasteiger partial charge in [-0.25, -0.2) is 4.39 Å². The molecule has 134 valence electrons. The second kappa shape index (κ2) is 7.43. The summed E-state index contributed by atoms with van der Waals surface area (Å²) in [6.45, 7) is 10.6. The molecular formula is C21H33FN2. The van der Waals surface area contributed by atoms with E-state index in [1.807, 2.05) is 6.07 Å². The minimum absolute atomic E-state index is 0.0407. The van der Waals surface area contributed by atoms with Gasteiger partial charge >= 0.3 is 0 Å². The third kappa shape index (κ3) is 3.77. The fourth-order valence-electron chi connectivity index (χ4n) is 4.16. The highest BCUT2D eigenvalue weighted by Crippen LogP contribution is 2.31. The lowest BCUT2D eigenvalue weighted by Gasteiger charge is -2.41. The molecule has 1 heterocycles. The van der Waals surface area contributed by atoms with Crippen molar-refractivity contribution < 1.29 is 4.39 Å². The summed E-state index contributed by atoms with van der Waals surface area (Å²) in [6.07, 6.45) is 7.90. The Labute approximate surface area is 147 Å². The van der Waals surface area contributed by atoms with Gasteiger partial charge in [-0.1, -0.05) is 46.1 Å². The smallest absolute Gasteiger partial charge is 0.146 e. The molecule has 0 spiro atoms. The van der Waals surface area contributed by atoms with Crippen molar-refractivity contribution in [2.24, 2.45) is 0 Å². The molecule has 1 saturated heterocycles. The summed E-state index contributed by atoms with van der Waals surface area (Å²) in [7, 11) is 0. The maximum Gasteiger partial charge on any atom is 0.146 e. The molecule has 0 N–H and O–H groups in total. The molecule has 1 saturated carbocycles. The molecule has 1 aromatic carbocycles. The molecule has 0 unspecified atom stereocenters. The Morgan fingerprint density at radius 1 is 1.04 bits per heavy atom. The average Bonchev–Trinajstić information content (AvgIpc) is 2.62. The molecule has 2 nitrogen and oxygen atoms in total. The van der Waals surface area contributed by atoms with E-state index in [2.05, 4.69) is 36.6 Å². The molecule has 3 rings (SSSR count). The van der Waals surface area contributed by atoms with Gasteiger partial charge in [-0.3, -0.25) is 4.90 Å². The Balaban J connectivity index is 1.64. The highest BCUT2D eigenvalue weighted by molar-refractivity contribution is 5.50. The molecule has 1 aliphatic carbocycles. The molecular weight excluding hydrogens is 299 g/mol. The van der Waals surface area contributed by atoms with Crippen molar-refractivity contribution in [1.29, 1.82) is 0 Å². The maximum atomic E-state index is 14.7. The number of hydrogen-bond acceptors (Lipinski definition) is 2. The zero-order chi connectivity index (χ0) is 17.2. The van der Waals surface area contributed by atoms with Crippen molar-refractivity contribution >= 4 is 5.69 Å². The zero-order valence-corrected chi connectivity index (χ0v) is 15.7. The second-order valence-electron chi connectivity index (χ2n) is 8.22. The minimum atomic E-state index is -0.0554. The molecule has 0 bridgehead atoms. The predicted octanol–water partition coefficient (Wildman–Crippen LogP) is 4.97. The van der Waals surface area contributed by atoms with Crippen LogP contribution in [0.25, 0.3) is 0 Å². The van der Waals surface area contributed by atoms with Crippen LogP contribution in [0, 0.1) is 5.82 Å². The number of hydrogen-bond donors (Lipinski definition) is 0. The van der Waals surface area contributed by atoms with Crippen LogP contribution in [0.2, 0.25) is 0 Å². The van der Waals surface area contributed by atoms with Gasteiger partial charge in [0.15, 0.2) is 0 Å². The molecule has 0 atom stereocenters. The van der Waals surface area contributed by atoms with E-state index in [0.29, 0.717) is 0 Å². The first-order valence-electron chi connectivity index (χ1n) is 9.80. The Hall–Kier alpha value is -1.09. The van der Waals surface area contributed by atoms with E-state index in [9.17, 15) is 4.39 Å². The van der Waals surface area contributed by atoms with Crippen molar-refractivity contribution in [3.05, 3.63) is 29.6 Å². The highest BCUT2D eigenvalue weighted by Gasteiger charge is 2.27. The van der Waals surface area contributed by atoms with E-state index in [0.717, 1.165) is 49.9 Å². The number of benzene rings is 1. The normalized spacial score (nSPS) is 21.2. The fraction of sp³-hybridized carbons (Fsp3) is 0.714. The van der Waals surface area contributed by atoms with Crippen molar-refractivity contribution in [2.75, 3.05) is 31.1 Å². The van der Waals surface area contributed by atoms with Gasteiger partial charge in [0.05, 0.1) is 5.69 Å². The summed E-state index contributed by atoms with van der Waals surface area (Å²) < 4.78 is 14.7. The lowest BCUT2D eigenvalue weighted by molar-refractivity contribution is 0.147. The summed E-state index contributed by atoms with van der Waals surface area (Å²) in [5.74, 6) is -0.0554. The zero-order valence-electron chi connectivity index (χ0n) is 15.7. The molecule has 2 fully saturated rings. The quantitative estimate of drug-likeness (QED) is 0.768. The topological polar surface area (TPSA) is 6.48 Å². The van der Waals surface area contributed by atoms with Gasteiger partial charge in [0.2, 0.25) is 0 Å². The Bertz CT molecular complexity index is 541. The molecule has 0 aromatic heterocycles. The molecule has 3 heteroatoms. The van der Waals surface area contributed by atoms with Crippen LogP contribution in [0.4, 0.5) is 10.1 Å². The van der Waals surface area contributed by atoms with Crippen molar-refractivity contribution in [2.45, 2.75) is 70.8 Å². The second-order valence-corrected chi connectivity index (χ2v) is 8.22. The minimum Gasteiger partial charge on any atom is -0.367 e. The summed E-state index contributed by atoms with van der Waals surface area (Å²) in [6, 6.07) is 6.65. The summed E-state index contributed by atoms with van der Waals surface area (Å²) in [5, 5.41) is 0. The number of rotatable bonds is 4. The van der Waals surface area contributed by atoms with E-state index in [1.54, 1.807) is 6.07 Å². The average molecular weight is 333 g/mol. The first kappa shape index (κ1) is 17.7. The standard InChI is InChI=1S/C21H33FN2/c1-4-21(2,3)17-10-11-20(19(22)16-17)24-14-12-23(13-15-24)18-8-6-5-7-9-18/h10-11,16,18H,4-9,12-15H2,1-3H3. The Morgan fingerprint density at radius 3 is 2.29 bits per heavy atom. The Morgan fingerprint density at radius 2 is 1.71 bits per heavy atom. The molecule has 0 radical (unpaired) electrons. The third-order valence-electron chi connectivity index (χ3n) is 6.36. The lowest BCUT2D eigenvalue weighted by Crippen LogP contribution is -2.51. The largest absolute Gasteiger partial charge is 0.367 e. The van der Waals surface area contributed by atoms with E-state index in [-0.39, 0.29) is 11.2 Å². The SMILES string of the molecule is CCC(C)(C)c1ccc(N2CCN(C3CCCCC3)CC2)c(F)c1. The van der Waals surface area contributed by atoms with Crippen LogP contribution in [-0.2, 0) is 5.41 Å². The van der Waals surface area contributed by atoms with Crippen LogP contribution in [0.1, 0.15) is 64.9 Å². The van der Waals surface area contributed by atoms with Crippen LogP contribution < -0.4 is 4.90 Å². The van der Waals surface area contributed by atoms with Crippen molar-refractivity contribution in [3.63, 3.8) is 0 Å².